The van der Waals surface area contributed by atoms with E-state index in [-0.39, 0.29) is 10.1 Å². The minimum absolute atomic E-state index is 0.185. The Bertz CT molecular complexity index is 871. The van der Waals surface area contributed by atoms with E-state index in [9.17, 15) is 9.59 Å². The molecule has 28 heavy (non-hydrogen) atoms. The van der Waals surface area contributed by atoms with E-state index in [1.807, 2.05) is 13.8 Å². The first-order chi connectivity index (χ1) is 13.4. The van der Waals surface area contributed by atoms with E-state index in [0.29, 0.717) is 34.7 Å². The van der Waals surface area contributed by atoms with Gasteiger partial charge < -0.3 is 14.2 Å². The van der Waals surface area contributed by atoms with Gasteiger partial charge in [0.2, 0.25) is 0 Å². The molecule has 0 aliphatic carbocycles. The van der Waals surface area contributed by atoms with Crippen molar-refractivity contribution in [3.63, 3.8) is 0 Å². The number of halogens is 2. The maximum Gasteiger partial charge on any atom is 0.331 e. The molecular formula is C17H17Br2N3O5S. The third kappa shape index (κ3) is 5.58. The van der Waals surface area contributed by atoms with Crippen molar-refractivity contribution in [3.8, 4) is 11.5 Å². The third-order valence-corrected chi connectivity index (χ3v) is 6.23. The number of hydrogen-bond acceptors (Lipinski definition) is 8. The highest BCUT2D eigenvalue weighted by Gasteiger charge is 2.25. The van der Waals surface area contributed by atoms with Gasteiger partial charge in [-0.25, -0.2) is 4.79 Å². The highest BCUT2D eigenvalue weighted by Crippen LogP contribution is 2.42. The summed E-state index contributed by atoms with van der Waals surface area (Å²) in [4.78, 5) is 23.2. The van der Waals surface area contributed by atoms with Gasteiger partial charge in [-0.3, -0.25) is 10.1 Å². The van der Waals surface area contributed by atoms with Crippen LogP contribution in [0.4, 0.5) is 0 Å². The number of hydrogen-bond donors (Lipinski definition) is 1. The summed E-state index contributed by atoms with van der Waals surface area (Å²) >= 11 is 7.99. The average molecular weight is 535 g/mol. The fraction of sp³-hybridized carbons (Fsp3) is 0.294. The van der Waals surface area contributed by atoms with Crippen molar-refractivity contribution in [3.05, 3.63) is 31.6 Å². The topological polar surface area (TPSA) is 98.6 Å². The molecule has 11 heteroatoms. The SMILES string of the molecule is CCOc1cc(C=N/N=C2/NC(=O)/C(=C\C(=O)OC)S2)c(Br)c(Br)c1OCC. The molecule has 150 valence electrons. The molecule has 0 radical (unpaired) electrons. The van der Waals surface area contributed by atoms with E-state index in [0.717, 1.165) is 22.3 Å². The molecule has 0 aromatic heterocycles. The maximum absolute atomic E-state index is 11.8. The Morgan fingerprint density at radius 2 is 1.96 bits per heavy atom. The van der Waals surface area contributed by atoms with Gasteiger partial charge >= 0.3 is 5.97 Å². The van der Waals surface area contributed by atoms with Crippen LogP contribution in [0.1, 0.15) is 19.4 Å². The molecule has 8 nitrogen and oxygen atoms in total. The predicted octanol–water partition coefficient (Wildman–Crippen LogP) is 3.62. The minimum Gasteiger partial charge on any atom is -0.490 e. The molecule has 1 fully saturated rings. The van der Waals surface area contributed by atoms with E-state index in [2.05, 4.69) is 52.1 Å². The van der Waals surface area contributed by atoms with Crippen molar-refractivity contribution in [1.29, 1.82) is 0 Å². The van der Waals surface area contributed by atoms with Crippen LogP contribution in [-0.4, -0.2) is 43.6 Å². The molecule has 0 saturated carbocycles. The number of rotatable bonds is 7. The van der Waals surface area contributed by atoms with Gasteiger partial charge in [-0.1, -0.05) is 0 Å². The number of amidine groups is 1. The number of amides is 1. The zero-order valence-corrected chi connectivity index (χ0v) is 19.2. The Labute approximate surface area is 183 Å². The highest BCUT2D eigenvalue weighted by molar-refractivity contribution is 9.13. The average Bonchev–Trinajstić information content (AvgIpc) is 3.01. The molecule has 1 amide bonds. The second kappa shape index (κ2) is 10.6. The second-order valence-electron chi connectivity index (χ2n) is 5.02. The van der Waals surface area contributed by atoms with Crippen LogP contribution < -0.4 is 14.8 Å². The number of carbonyl (C=O) groups is 2. The highest BCUT2D eigenvalue weighted by atomic mass is 79.9. The van der Waals surface area contributed by atoms with Gasteiger partial charge in [0.05, 0.1) is 35.9 Å². The number of nitrogens with zero attached hydrogens (tertiary/aromatic N) is 2. The van der Waals surface area contributed by atoms with Crippen LogP contribution in [0.5, 0.6) is 11.5 Å². The van der Waals surface area contributed by atoms with Crippen LogP contribution in [0.2, 0.25) is 0 Å². The van der Waals surface area contributed by atoms with E-state index in [4.69, 9.17) is 9.47 Å². The summed E-state index contributed by atoms with van der Waals surface area (Å²) in [7, 11) is 1.24. The standard InChI is InChI=1S/C17H17Br2N3O5S/c1-4-26-10-6-9(13(18)14(19)15(10)27-5-2)8-20-22-17-21-16(24)11(28-17)7-12(23)25-3/h6-8H,4-5H2,1-3H3,(H,21,22,24)/b11-7+,20-8?. The van der Waals surface area contributed by atoms with Crippen LogP contribution in [0.25, 0.3) is 0 Å². The third-order valence-electron chi connectivity index (χ3n) is 3.19. The number of carbonyl (C=O) groups excluding carboxylic acids is 2. The lowest BCUT2D eigenvalue weighted by Gasteiger charge is -2.15. The van der Waals surface area contributed by atoms with Gasteiger partial charge in [0, 0.05) is 16.1 Å². The van der Waals surface area contributed by atoms with Gasteiger partial charge in [0.25, 0.3) is 5.91 Å². The molecule has 2 rings (SSSR count). The molecule has 1 aliphatic heterocycles. The summed E-state index contributed by atoms with van der Waals surface area (Å²) in [5.41, 5.74) is 0.697. The summed E-state index contributed by atoms with van der Waals surface area (Å²) in [5, 5.41) is 10.8. The molecule has 0 spiro atoms. The van der Waals surface area contributed by atoms with Crippen molar-refractivity contribution in [2.75, 3.05) is 20.3 Å². The molecular weight excluding hydrogens is 518 g/mol. The predicted molar refractivity (Wildman–Crippen MR) is 115 cm³/mol. The molecule has 0 atom stereocenters. The van der Waals surface area contributed by atoms with E-state index >= 15 is 0 Å². The van der Waals surface area contributed by atoms with E-state index < -0.39 is 11.9 Å². The number of benzene rings is 1. The van der Waals surface area contributed by atoms with Gasteiger partial charge in [-0.05, 0) is 63.5 Å². The first-order valence-electron chi connectivity index (χ1n) is 8.08. The summed E-state index contributed by atoms with van der Waals surface area (Å²) in [6, 6.07) is 1.77. The number of methoxy groups -OCH3 is 1. The number of ether oxygens (including phenoxy) is 3. The quantitative estimate of drug-likeness (QED) is 0.248. The first kappa shape index (κ1) is 22.4. The van der Waals surface area contributed by atoms with E-state index in [1.165, 1.54) is 13.3 Å². The van der Waals surface area contributed by atoms with Crippen molar-refractivity contribution < 1.29 is 23.8 Å². The van der Waals surface area contributed by atoms with Crippen LogP contribution in [0.3, 0.4) is 0 Å². The second-order valence-corrected chi connectivity index (χ2v) is 7.64. The zero-order chi connectivity index (χ0) is 20.7. The largest absolute Gasteiger partial charge is 0.490 e. The fourth-order valence-electron chi connectivity index (χ4n) is 2.02. The lowest BCUT2D eigenvalue weighted by Crippen LogP contribution is -2.19. The van der Waals surface area contributed by atoms with Gasteiger partial charge in [0.15, 0.2) is 16.7 Å². The molecule has 0 bridgehead atoms. The first-order valence-corrected chi connectivity index (χ1v) is 10.5. The Morgan fingerprint density at radius 1 is 1.25 bits per heavy atom. The molecule has 1 N–H and O–H groups in total. The van der Waals surface area contributed by atoms with Crippen LogP contribution in [0.15, 0.2) is 36.2 Å². The Balaban J connectivity index is 2.25. The zero-order valence-electron chi connectivity index (χ0n) is 15.2. The van der Waals surface area contributed by atoms with Crippen molar-refractivity contribution in [2.24, 2.45) is 10.2 Å². The van der Waals surface area contributed by atoms with Gasteiger partial charge in [-0.2, -0.15) is 5.10 Å². The smallest absolute Gasteiger partial charge is 0.331 e. The molecule has 1 saturated heterocycles. The summed E-state index contributed by atoms with van der Waals surface area (Å²) in [6.07, 6.45) is 2.61. The Morgan fingerprint density at radius 3 is 2.61 bits per heavy atom. The van der Waals surface area contributed by atoms with Crippen molar-refractivity contribution in [2.45, 2.75) is 13.8 Å². The Hall–Kier alpha value is -1.85. The maximum atomic E-state index is 11.8. The van der Waals surface area contributed by atoms with Gasteiger partial charge in [-0.15, -0.1) is 5.10 Å². The number of thioether (sulfide) groups is 1. The van der Waals surface area contributed by atoms with Crippen LogP contribution >= 0.6 is 43.6 Å². The molecule has 1 aliphatic rings. The molecule has 1 aromatic rings. The normalized spacial score (nSPS) is 16.7. The summed E-state index contributed by atoms with van der Waals surface area (Å²) in [6.45, 7) is 4.73. The number of nitrogens with one attached hydrogen (secondary N) is 1. The molecule has 0 unspecified atom stereocenters. The Kier molecular flexibility index (Phi) is 8.52. The van der Waals surface area contributed by atoms with Crippen LogP contribution in [-0.2, 0) is 14.3 Å². The lowest BCUT2D eigenvalue weighted by atomic mass is 10.2. The van der Waals surface area contributed by atoms with Crippen molar-refractivity contribution in [1.82, 2.24) is 5.32 Å². The summed E-state index contributed by atoms with van der Waals surface area (Å²) < 4.78 is 17.2. The summed E-state index contributed by atoms with van der Waals surface area (Å²) in [5.74, 6) is 0.109. The van der Waals surface area contributed by atoms with E-state index in [1.54, 1.807) is 6.07 Å². The van der Waals surface area contributed by atoms with Gasteiger partial charge in [0.1, 0.15) is 0 Å². The van der Waals surface area contributed by atoms with Crippen LogP contribution in [0, 0.1) is 0 Å². The van der Waals surface area contributed by atoms with Crippen molar-refractivity contribution >= 4 is 66.9 Å². The lowest BCUT2D eigenvalue weighted by molar-refractivity contribution is -0.135. The fourth-order valence-corrected chi connectivity index (χ4v) is 3.70. The monoisotopic (exact) mass is 533 g/mol. The molecule has 1 heterocycles. The number of esters is 1. The minimum atomic E-state index is -0.617. The molecule has 1 aromatic carbocycles.